The van der Waals surface area contributed by atoms with Gasteiger partial charge in [-0.05, 0) is 18.8 Å². The summed E-state index contributed by atoms with van der Waals surface area (Å²) in [4.78, 5) is 26.9. The molecule has 1 fully saturated rings. The molecule has 1 unspecified atom stereocenters. The van der Waals surface area contributed by atoms with Crippen molar-refractivity contribution < 1.29 is 0 Å². The Kier molecular flexibility index (Phi) is 4.48. The average molecular weight is 279 g/mol. The normalized spacial score (nSPS) is 18.2. The number of rotatable bonds is 5. The maximum Gasteiger partial charge on any atom is 0.253 e. The van der Waals surface area contributed by atoms with Crippen LogP contribution < -0.4 is 26.4 Å². The Morgan fingerprint density at radius 1 is 1.05 bits per heavy atom. The number of nitrogens with two attached hydrogens (primary N) is 1. The highest BCUT2D eigenvalue weighted by Gasteiger charge is 2.28. The van der Waals surface area contributed by atoms with E-state index in [1.807, 2.05) is 11.9 Å². The highest BCUT2D eigenvalue weighted by Crippen LogP contribution is 2.27. The standard InChI is InChI=1S/C15H25N3O2/c1-17(2)12-13(15(20)14(12)19)18(3)9-11(16)10-7-5-4-6-8-10/h10-11H,4-9,16H2,1-3H3. The van der Waals surface area contributed by atoms with Gasteiger partial charge in [0.25, 0.3) is 10.9 Å². The van der Waals surface area contributed by atoms with Crippen molar-refractivity contribution in [2.75, 3.05) is 37.5 Å². The van der Waals surface area contributed by atoms with Crippen molar-refractivity contribution in [3.63, 3.8) is 0 Å². The lowest BCUT2D eigenvalue weighted by atomic mass is 9.84. The smallest absolute Gasteiger partial charge is 0.253 e. The van der Waals surface area contributed by atoms with E-state index in [9.17, 15) is 9.59 Å². The molecule has 0 heterocycles. The van der Waals surface area contributed by atoms with Crippen LogP contribution in [-0.4, -0.2) is 33.7 Å². The van der Waals surface area contributed by atoms with E-state index >= 15 is 0 Å². The third kappa shape index (κ3) is 2.73. The molecule has 112 valence electrons. The van der Waals surface area contributed by atoms with Crippen LogP contribution in [0.15, 0.2) is 9.59 Å². The van der Waals surface area contributed by atoms with Crippen LogP contribution >= 0.6 is 0 Å². The molecule has 5 nitrogen and oxygen atoms in total. The van der Waals surface area contributed by atoms with Crippen LogP contribution in [0.2, 0.25) is 0 Å². The van der Waals surface area contributed by atoms with Gasteiger partial charge in [0.15, 0.2) is 0 Å². The fourth-order valence-corrected chi connectivity index (χ4v) is 3.26. The summed E-state index contributed by atoms with van der Waals surface area (Å²) >= 11 is 0. The van der Waals surface area contributed by atoms with E-state index in [0.717, 1.165) is 0 Å². The van der Waals surface area contributed by atoms with Crippen molar-refractivity contribution >= 4 is 11.4 Å². The molecule has 1 aromatic rings. The highest BCUT2D eigenvalue weighted by molar-refractivity contribution is 5.75. The first-order valence-electron chi connectivity index (χ1n) is 7.40. The molecule has 0 aliphatic heterocycles. The predicted molar refractivity (Wildman–Crippen MR) is 83.5 cm³/mol. The van der Waals surface area contributed by atoms with Crippen molar-refractivity contribution in [3.8, 4) is 0 Å². The zero-order valence-electron chi connectivity index (χ0n) is 12.7. The number of hydrogen-bond donors (Lipinski definition) is 1. The molecule has 1 aromatic carbocycles. The van der Waals surface area contributed by atoms with E-state index in [-0.39, 0.29) is 16.9 Å². The molecule has 1 aliphatic carbocycles. The largest absolute Gasteiger partial charge is 0.373 e. The van der Waals surface area contributed by atoms with Crippen molar-refractivity contribution in [2.24, 2.45) is 11.7 Å². The third-order valence-electron chi connectivity index (χ3n) is 4.43. The molecule has 5 heteroatoms. The molecule has 0 aromatic heterocycles. The summed E-state index contributed by atoms with van der Waals surface area (Å²) in [5.41, 5.74) is 6.55. The first-order valence-corrected chi connectivity index (χ1v) is 7.40. The summed E-state index contributed by atoms with van der Waals surface area (Å²) < 4.78 is 0. The molecule has 1 saturated carbocycles. The maximum atomic E-state index is 11.8. The molecule has 1 aliphatic rings. The molecular formula is C15H25N3O2. The molecule has 2 N–H and O–H groups in total. The van der Waals surface area contributed by atoms with E-state index in [1.165, 1.54) is 32.1 Å². The van der Waals surface area contributed by atoms with Crippen LogP contribution in [0.5, 0.6) is 0 Å². The molecular weight excluding hydrogens is 254 g/mol. The predicted octanol–water partition coefficient (Wildman–Crippen LogP) is 0.692. The maximum absolute atomic E-state index is 11.8. The molecule has 0 saturated heterocycles. The average Bonchev–Trinajstić information content (AvgIpc) is 2.43. The zero-order chi connectivity index (χ0) is 14.9. The second kappa shape index (κ2) is 5.95. The minimum Gasteiger partial charge on any atom is -0.373 e. The Labute approximate surface area is 120 Å². The monoisotopic (exact) mass is 279 g/mol. The Morgan fingerprint density at radius 2 is 1.60 bits per heavy atom. The Bertz CT molecular complexity index is 525. The minimum atomic E-state index is -0.386. The van der Waals surface area contributed by atoms with E-state index < -0.39 is 0 Å². The fourth-order valence-electron chi connectivity index (χ4n) is 3.26. The van der Waals surface area contributed by atoms with E-state index in [0.29, 0.717) is 23.8 Å². The molecule has 0 amide bonds. The molecule has 0 spiro atoms. The van der Waals surface area contributed by atoms with Crippen molar-refractivity contribution in [1.29, 1.82) is 0 Å². The second-order valence-electron chi connectivity index (χ2n) is 6.19. The molecule has 2 rings (SSSR count). The van der Waals surface area contributed by atoms with Crippen LogP contribution in [0.3, 0.4) is 0 Å². The fraction of sp³-hybridized carbons (Fsp3) is 0.733. The SMILES string of the molecule is CN(C)c1c(N(C)CC(N)C2CCCCC2)c(=O)c1=O. The highest BCUT2D eigenvalue weighted by atomic mass is 16.2. The van der Waals surface area contributed by atoms with Crippen molar-refractivity contribution in [2.45, 2.75) is 38.1 Å². The van der Waals surface area contributed by atoms with Gasteiger partial charge in [0.05, 0.1) is 0 Å². The number of nitrogens with zero attached hydrogens (tertiary/aromatic N) is 2. The first-order chi connectivity index (χ1) is 9.43. The van der Waals surface area contributed by atoms with Gasteiger partial charge in [-0.25, -0.2) is 0 Å². The summed E-state index contributed by atoms with van der Waals surface area (Å²) in [6.45, 7) is 0.635. The molecule has 0 bridgehead atoms. The summed E-state index contributed by atoms with van der Waals surface area (Å²) in [5.74, 6) is 0.542. The van der Waals surface area contributed by atoms with Crippen LogP contribution in [0.4, 0.5) is 11.4 Å². The van der Waals surface area contributed by atoms with E-state index in [1.54, 1.807) is 19.0 Å². The topological polar surface area (TPSA) is 66.6 Å². The Balaban J connectivity index is 2.05. The quantitative estimate of drug-likeness (QED) is 0.803. The van der Waals surface area contributed by atoms with Gasteiger partial charge in [-0.3, -0.25) is 9.59 Å². The number of hydrogen-bond acceptors (Lipinski definition) is 5. The van der Waals surface area contributed by atoms with Gasteiger partial charge >= 0.3 is 0 Å². The van der Waals surface area contributed by atoms with Gasteiger partial charge in [0.2, 0.25) is 0 Å². The number of likely N-dealkylation sites (N-methyl/N-ethyl adjacent to an activating group) is 1. The van der Waals surface area contributed by atoms with E-state index in [2.05, 4.69) is 0 Å². The van der Waals surface area contributed by atoms with Crippen LogP contribution in [0.1, 0.15) is 32.1 Å². The van der Waals surface area contributed by atoms with E-state index in [4.69, 9.17) is 5.73 Å². The van der Waals surface area contributed by atoms with Crippen LogP contribution in [-0.2, 0) is 0 Å². The van der Waals surface area contributed by atoms with Crippen LogP contribution in [0.25, 0.3) is 0 Å². The summed E-state index contributed by atoms with van der Waals surface area (Å²) in [6, 6.07) is 0.0692. The summed E-state index contributed by atoms with van der Waals surface area (Å²) in [6.07, 6.45) is 6.18. The Morgan fingerprint density at radius 3 is 2.15 bits per heavy atom. The first kappa shape index (κ1) is 15.0. The third-order valence-corrected chi connectivity index (χ3v) is 4.43. The van der Waals surface area contributed by atoms with Gasteiger partial charge in [-0.1, -0.05) is 19.3 Å². The van der Waals surface area contributed by atoms with Crippen molar-refractivity contribution in [3.05, 3.63) is 20.4 Å². The van der Waals surface area contributed by atoms with Gasteiger partial charge in [0, 0.05) is 33.7 Å². The lowest BCUT2D eigenvalue weighted by Crippen LogP contribution is -2.48. The number of anilines is 2. The van der Waals surface area contributed by atoms with Gasteiger partial charge in [-0.15, -0.1) is 0 Å². The molecule has 20 heavy (non-hydrogen) atoms. The van der Waals surface area contributed by atoms with Gasteiger partial charge in [-0.2, -0.15) is 0 Å². The Hall–Kier alpha value is -1.36. The van der Waals surface area contributed by atoms with Crippen LogP contribution in [0, 0.1) is 5.92 Å². The van der Waals surface area contributed by atoms with Crippen molar-refractivity contribution in [1.82, 2.24) is 0 Å². The lowest BCUT2D eigenvalue weighted by Gasteiger charge is -2.33. The molecule has 1 atom stereocenters. The zero-order valence-corrected chi connectivity index (χ0v) is 12.7. The second-order valence-corrected chi connectivity index (χ2v) is 6.19. The summed E-state index contributed by atoms with van der Waals surface area (Å²) in [7, 11) is 5.43. The lowest BCUT2D eigenvalue weighted by molar-refractivity contribution is 0.306. The van der Waals surface area contributed by atoms with Gasteiger partial charge in [0.1, 0.15) is 11.4 Å². The molecule has 0 radical (unpaired) electrons. The summed E-state index contributed by atoms with van der Waals surface area (Å²) in [5, 5.41) is 0. The minimum absolute atomic E-state index is 0.0692. The van der Waals surface area contributed by atoms with Gasteiger partial charge < -0.3 is 15.5 Å².